The van der Waals surface area contributed by atoms with Gasteiger partial charge in [0.2, 0.25) is 0 Å². The second-order valence-corrected chi connectivity index (χ2v) is 9.24. The Morgan fingerprint density at radius 3 is 2.49 bits per heavy atom. The number of benzene rings is 1. The number of ether oxygens (including phenoxy) is 1. The lowest BCUT2D eigenvalue weighted by Crippen LogP contribution is -2.29. The van der Waals surface area contributed by atoms with Gasteiger partial charge in [0.25, 0.3) is 5.69 Å². The molecule has 0 aliphatic carbocycles. The molecule has 2 atom stereocenters. The number of nitrogens with one attached hydrogen (secondary N) is 1. The van der Waals surface area contributed by atoms with E-state index in [0.717, 1.165) is 28.3 Å². The van der Waals surface area contributed by atoms with Gasteiger partial charge in [0.1, 0.15) is 5.75 Å². The molecule has 0 radical (unpaired) electrons. The minimum absolute atomic E-state index is 0.00305. The fourth-order valence-corrected chi connectivity index (χ4v) is 5.31. The standard InChI is InChI=1S/C27H26N6O3S/c1-17-14-21(18(2)32(17)23-15-20(33(34)35)10-11-24(23)36-3)26-25(22-9-5-7-13-29-22)30-27(37)31(26)16-19-8-4-6-12-28-19/h4-15,25-26H,16H2,1-3H3,(H,30,37)/t25-,26-/m1/s1. The lowest BCUT2D eigenvalue weighted by atomic mass is 9.96. The highest BCUT2D eigenvalue weighted by Crippen LogP contribution is 2.43. The van der Waals surface area contributed by atoms with Crippen molar-refractivity contribution in [1.82, 2.24) is 24.8 Å². The summed E-state index contributed by atoms with van der Waals surface area (Å²) in [5, 5.41) is 15.6. The third kappa shape index (κ3) is 4.51. The van der Waals surface area contributed by atoms with Crippen LogP contribution in [0.2, 0.25) is 0 Å². The number of nitro groups is 1. The van der Waals surface area contributed by atoms with Gasteiger partial charge in [-0.15, -0.1) is 0 Å². The molecule has 0 unspecified atom stereocenters. The zero-order chi connectivity index (χ0) is 26.1. The number of methoxy groups -OCH3 is 1. The summed E-state index contributed by atoms with van der Waals surface area (Å²) in [7, 11) is 1.56. The van der Waals surface area contributed by atoms with Gasteiger partial charge in [-0.1, -0.05) is 12.1 Å². The van der Waals surface area contributed by atoms with Crippen molar-refractivity contribution in [2.75, 3.05) is 7.11 Å². The molecule has 1 fully saturated rings. The first-order chi connectivity index (χ1) is 17.9. The highest BCUT2D eigenvalue weighted by Gasteiger charge is 2.41. The van der Waals surface area contributed by atoms with Crippen molar-refractivity contribution in [3.8, 4) is 11.4 Å². The van der Waals surface area contributed by atoms with Gasteiger partial charge in [-0.3, -0.25) is 20.1 Å². The number of nitrogens with zero attached hydrogens (tertiary/aromatic N) is 5. The van der Waals surface area contributed by atoms with Gasteiger partial charge < -0.3 is 19.5 Å². The van der Waals surface area contributed by atoms with Crippen molar-refractivity contribution >= 4 is 23.0 Å². The van der Waals surface area contributed by atoms with Crippen LogP contribution in [-0.4, -0.2) is 36.6 Å². The number of non-ortho nitro benzene ring substituents is 1. The van der Waals surface area contributed by atoms with Gasteiger partial charge >= 0.3 is 0 Å². The van der Waals surface area contributed by atoms with E-state index >= 15 is 0 Å². The molecule has 0 spiro atoms. The number of pyridine rings is 2. The number of rotatable bonds is 7. The number of hydrogen-bond donors (Lipinski definition) is 1. The van der Waals surface area contributed by atoms with Crippen LogP contribution >= 0.6 is 12.2 Å². The maximum absolute atomic E-state index is 11.5. The van der Waals surface area contributed by atoms with Crippen molar-refractivity contribution < 1.29 is 9.66 Å². The van der Waals surface area contributed by atoms with E-state index in [2.05, 4.69) is 26.3 Å². The number of aromatic nitrogens is 3. The minimum Gasteiger partial charge on any atom is -0.495 e. The van der Waals surface area contributed by atoms with Gasteiger partial charge in [0, 0.05) is 35.9 Å². The zero-order valence-electron chi connectivity index (χ0n) is 20.7. The molecule has 1 aromatic carbocycles. The summed E-state index contributed by atoms with van der Waals surface area (Å²) in [6.45, 7) is 4.51. The maximum atomic E-state index is 11.5. The SMILES string of the molecule is COc1ccc([N+](=O)[O-])cc1-n1c(C)cc([C@@H]2[C@@H](c3ccccn3)NC(=S)N2Cc2ccccn2)c1C. The van der Waals surface area contributed by atoms with Crippen LogP contribution in [0.3, 0.4) is 0 Å². The van der Waals surface area contributed by atoms with Crippen LogP contribution in [0.1, 0.15) is 40.4 Å². The predicted octanol–water partition coefficient (Wildman–Crippen LogP) is 4.97. The normalized spacial score (nSPS) is 17.1. The van der Waals surface area contributed by atoms with Gasteiger partial charge in [-0.25, -0.2) is 0 Å². The van der Waals surface area contributed by atoms with E-state index < -0.39 is 4.92 Å². The quantitative estimate of drug-likeness (QED) is 0.210. The Hall–Kier alpha value is -4.31. The molecule has 188 valence electrons. The van der Waals surface area contributed by atoms with Crippen LogP contribution in [0.5, 0.6) is 5.75 Å². The average molecular weight is 515 g/mol. The zero-order valence-corrected chi connectivity index (χ0v) is 21.5. The summed E-state index contributed by atoms with van der Waals surface area (Å²) in [6, 6.07) is 18.0. The Bertz CT molecular complexity index is 1460. The molecular formula is C27H26N6O3S. The number of thiocarbonyl (C=S) groups is 1. The smallest absolute Gasteiger partial charge is 0.271 e. The Kier molecular flexibility index (Phi) is 6.58. The molecule has 10 heteroatoms. The van der Waals surface area contributed by atoms with Crippen LogP contribution in [0, 0.1) is 24.0 Å². The topological polar surface area (TPSA) is 98.3 Å². The van der Waals surface area contributed by atoms with Crippen LogP contribution in [0.4, 0.5) is 5.69 Å². The number of aryl methyl sites for hydroxylation is 1. The van der Waals surface area contributed by atoms with E-state index in [9.17, 15) is 10.1 Å². The largest absolute Gasteiger partial charge is 0.495 e. The Labute approximate surface area is 219 Å². The maximum Gasteiger partial charge on any atom is 0.271 e. The average Bonchev–Trinajstić information content (AvgIpc) is 3.39. The molecular weight excluding hydrogens is 488 g/mol. The van der Waals surface area contributed by atoms with E-state index in [1.54, 1.807) is 31.6 Å². The third-order valence-electron chi connectivity index (χ3n) is 6.66. The molecule has 5 rings (SSSR count). The molecule has 0 amide bonds. The summed E-state index contributed by atoms with van der Waals surface area (Å²) in [5.74, 6) is 0.547. The molecule has 1 saturated heterocycles. The van der Waals surface area contributed by atoms with Gasteiger partial charge in [-0.2, -0.15) is 0 Å². The molecule has 1 aliphatic heterocycles. The molecule has 0 bridgehead atoms. The van der Waals surface area contributed by atoms with E-state index in [4.69, 9.17) is 17.0 Å². The Morgan fingerprint density at radius 2 is 1.84 bits per heavy atom. The minimum atomic E-state index is -0.400. The first kappa shape index (κ1) is 24.4. The molecule has 0 saturated carbocycles. The highest BCUT2D eigenvalue weighted by molar-refractivity contribution is 7.80. The second kappa shape index (κ2) is 9.98. The summed E-state index contributed by atoms with van der Waals surface area (Å²) in [4.78, 5) is 22.4. The lowest BCUT2D eigenvalue weighted by molar-refractivity contribution is -0.384. The molecule has 37 heavy (non-hydrogen) atoms. The highest BCUT2D eigenvalue weighted by atomic mass is 32.1. The monoisotopic (exact) mass is 514 g/mol. The van der Waals surface area contributed by atoms with Crippen LogP contribution in [0.25, 0.3) is 5.69 Å². The molecule has 4 heterocycles. The van der Waals surface area contributed by atoms with E-state index in [1.807, 2.05) is 54.8 Å². The van der Waals surface area contributed by atoms with E-state index in [0.29, 0.717) is 23.1 Å². The molecule has 9 nitrogen and oxygen atoms in total. The van der Waals surface area contributed by atoms with Crippen molar-refractivity contribution in [2.24, 2.45) is 0 Å². The summed E-state index contributed by atoms with van der Waals surface area (Å²) in [5.41, 5.74) is 5.25. The lowest BCUT2D eigenvalue weighted by Gasteiger charge is -2.28. The van der Waals surface area contributed by atoms with Crippen LogP contribution < -0.4 is 10.1 Å². The number of nitro benzene ring substituents is 1. The van der Waals surface area contributed by atoms with Crippen molar-refractivity contribution in [3.05, 3.63) is 112 Å². The van der Waals surface area contributed by atoms with Crippen LogP contribution in [-0.2, 0) is 6.54 Å². The number of hydrogen-bond acceptors (Lipinski definition) is 6. The van der Waals surface area contributed by atoms with Crippen LogP contribution in [0.15, 0.2) is 73.1 Å². The van der Waals surface area contributed by atoms with Gasteiger partial charge in [-0.05, 0) is 68.0 Å². The van der Waals surface area contributed by atoms with Crippen molar-refractivity contribution in [3.63, 3.8) is 0 Å². The fraction of sp³-hybridized carbons (Fsp3) is 0.222. The Balaban J connectivity index is 1.66. The third-order valence-corrected chi connectivity index (χ3v) is 7.01. The van der Waals surface area contributed by atoms with E-state index in [-0.39, 0.29) is 17.8 Å². The molecule has 4 aromatic rings. The fourth-order valence-electron chi connectivity index (χ4n) is 5.00. The summed E-state index contributed by atoms with van der Waals surface area (Å²) in [6.07, 6.45) is 3.54. The first-order valence-corrected chi connectivity index (χ1v) is 12.2. The Morgan fingerprint density at radius 1 is 1.08 bits per heavy atom. The van der Waals surface area contributed by atoms with E-state index in [1.165, 1.54) is 6.07 Å². The summed E-state index contributed by atoms with van der Waals surface area (Å²) >= 11 is 5.81. The molecule has 1 N–H and O–H groups in total. The van der Waals surface area contributed by atoms with Gasteiger partial charge in [0.15, 0.2) is 5.11 Å². The first-order valence-electron chi connectivity index (χ1n) is 11.8. The second-order valence-electron chi connectivity index (χ2n) is 8.85. The van der Waals surface area contributed by atoms with Gasteiger partial charge in [0.05, 0.1) is 47.7 Å². The van der Waals surface area contributed by atoms with Crippen molar-refractivity contribution in [1.29, 1.82) is 0 Å². The predicted molar refractivity (Wildman–Crippen MR) is 144 cm³/mol. The van der Waals surface area contributed by atoms with Crippen molar-refractivity contribution in [2.45, 2.75) is 32.5 Å². The molecule has 1 aliphatic rings. The molecule has 3 aromatic heterocycles. The summed E-state index contributed by atoms with van der Waals surface area (Å²) < 4.78 is 7.58.